The number of carbonyl (C=O) groups excluding carboxylic acids is 2. The van der Waals surface area contributed by atoms with Gasteiger partial charge in [0.1, 0.15) is 5.41 Å². The van der Waals surface area contributed by atoms with Gasteiger partial charge in [-0.1, -0.05) is 35.4 Å². The van der Waals surface area contributed by atoms with E-state index in [0.717, 1.165) is 5.56 Å². The Morgan fingerprint density at radius 1 is 0.957 bits per heavy atom. The summed E-state index contributed by atoms with van der Waals surface area (Å²) in [6.45, 7) is 1.98. The second kappa shape index (κ2) is 6.05. The average Bonchev–Trinajstić information content (AvgIpc) is 3.31. The Bertz CT molecular complexity index is 752. The summed E-state index contributed by atoms with van der Waals surface area (Å²) >= 11 is 5.91. The molecule has 5 heteroatoms. The fourth-order valence-corrected chi connectivity index (χ4v) is 2.58. The number of anilines is 2. The normalized spacial score (nSPS) is 14.9. The summed E-state index contributed by atoms with van der Waals surface area (Å²) in [7, 11) is 0. The third-order valence-corrected chi connectivity index (χ3v) is 4.25. The maximum absolute atomic E-state index is 12.5. The molecule has 1 aliphatic rings. The van der Waals surface area contributed by atoms with Gasteiger partial charge in [0.25, 0.3) is 0 Å². The highest BCUT2D eigenvalue weighted by molar-refractivity contribution is 6.31. The highest BCUT2D eigenvalue weighted by Crippen LogP contribution is 2.47. The molecule has 0 aromatic heterocycles. The topological polar surface area (TPSA) is 58.2 Å². The van der Waals surface area contributed by atoms with Crippen LogP contribution in [0.1, 0.15) is 18.4 Å². The van der Waals surface area contributed by atoms with E-state index in [4.69, 9.17) is 11.6 Å². The van der Waals surface area contributed by atoms with Gasteiger partial charge in [-0.15, -0.1) is 0 Å². The lowest BCUT2D eigenvalue weighted by molar-refractivity contribution is -0.131. The number of amides is 2. The average molecular weight is 329 g/mol. The summed E-state index contributed by atoms with van der Waals surface area (Å²) in [6.07, 6.45) is 1.11. The van der Waals surface area contributed by atoms with Crippen LogP contribution in [0.15, 0.2) is 48.5 Å². The summed E-state index contributed by atoms with van der Waals surface area (Å²) in [5.74, 6) is -0.551. The molecule has 1 fully saturated rings. The predicted molar refractivity (Wildman–Crippen MR) is 91.6 cm³/mol. The van der Waals surface area contributed by atoms with Crippen molar-refractivity contribution in [2.24, 2.45) is 5.41 Å². The highest BCUT2D eigenvalue weighted by atomic mass is 35.5. The first-order valence-electron chi connectivity index (χ1n) is 7.45. The Labute approximate surface area is 139 Å². The zero-order valence-corrected chi connectivity index (χ0v) is 13.5. The molecule has 0 atom stereocenters. The molecule has 2 amide bonds. The van der Waals surface area contributed by atoms with Gasteiger partial charge < -0.3 is 10.6 Å². The van der Waals surface area contributed by atoms with Gasteiger partial charge in [0, 0.05) is 16.4 Å². The SMILES string of the molecule is Cc1ccc(NC(=O)C2(C(=O)Nc3cccc(Cl)c3)CC2)cc1. The third kappa shape index (κ3) is 3.37. The van der Waals surface area contributed by atoms with E-state index < -0.39 is 5.41 Å². The second-order valence-electron chi connectivity index (χ2n) is 5.87. The standard InChI is InChI=1S/C18H17ClN2O2/c1-12-5-7-14(8-6-12)20-16(22)18(9-10-18)17(23)21-15-4-2-3-13(19)11-15/h2-8,11H,9-10H2,1H3,(H,20,22)(H,21,23). The molecule has 1 saturated carbocycles. The van der Waals surface area contributed by atoms with Crippen LogP contribution in [0.5, 0.6) is 0 Å². The summed E-state index contributed by atoms with van der Waals surface area (Å²) in [5.41, 5.74) is 1.43. The molecular weight excluding hydrogens is 312 g/mol. The van der Waals surface area contributed by atoms with Crippen molar-refractivity contribution in [3.8, 4) is 0 Å². The lowest BCUT2D eigenvalue weighted by Gasteiger charge is -2.15. The molecule has 0 unspecified atom stereocenters. The zero-order chi connectivity index (χ0) is 16.4. The molecule has 2 aromatic rings. The molecule has 23 heavy (non-hydrogen) atoms. The molecule has 0 heterocycles. The Hall–Kier alpha value is -2.33. The van der Waals surface area contributed by atoms with Crippen LogP contribution in [0.3, 0.4) is 0 Å². The first-order chi connectivity index (χ1) is 11.0. The summed E-state index contributed by atoms with van der Waals surface area (Å²) in [4.78, 5) is 25.0. The van der Waals surface area contributed by atoms with E-state index in [1.807, 2.05) is 31.2 Å². The Balaban J connectivity index is 1.69. The number of nitrogens with one attached hydrogen (secondary N) is 2. The zero-order valence-electron chi connectivity index (χ0n) is 12.7. The van der Waals surface area contributed by atoms with Crippen molar-refractivity contribution in [1.82, 2.24) is 0 Å². The Morgan fingerprint density at radius 2 is 1.57 bits per heavy atom. The first-order valence-corrected chi connectivity index (χ1v) is 7.83. The van der Waals surface area contributed by atoms with E-state index in [-0.39, 0.29) is 11.8 Å². The van der Waals surface area contributed by atoms with Crippen LogP contribution in [0.4, 0.5) is 11.4 Å². The van der Waals surface area contributed by atoms with Crippen LogP contribution in [-0.2, 0) is 9.59 Å². The fourth-order valence-electron chi connectivity index (χ4n) is 2.39. The molecule has 0 aliphatic heterocycles. The second-order valence-corrected chi connectivity index (χ2v) is 6.30. The highest BCUT2D eigenvalue weighted by Gasteiger charge is 2.56. The van der Waals surface area contributed by atoms with Crippen LogP contribution in [0.25, 0.3) is 0 Å². The number of aryl methyl sites for hydroxylation is 1. The van der Waals surface area contributed by atoms with Gasteiger partial charge in [0.05, 0.1) is 0 Å². The molecule has 118 valence electrons. The van der Waals surface area contributed by atoms with Crippen LogP contribution in [0.2, 0.25) is 5.02 Å². The van der Waals surface area contributed by atoms with E-state index >= 15 is 0 Å². The molecule has 0 bridgehead atoms. The number of halogens is 1. The number of carbonyl (C=O) groups is 2. The van der Waals surface area contributed by atoms with E-state index in [1.165, 1.54) is 0 Å². The van der Waals surface area contributed by atoms with Crippen LogP contribution in [0, 0.1) is 12.3 Å². The minimum absolute atomic E-state index is 0.263. The smallest absolute Gasteiger partial charge is 0.240 e. The number of hydrogen-bond donors (Lipinski definition) is 2. The molecule has 1 aliphatic carbocycles. The Morgan fingerprint density at radius 3 is 2.13 bits per heavy atom. The van der Waals surface area contributed by atoms with Gasteiger partial charge in [-0.25, -0.2) is 0 Å². The van der Waals surface area contributed by atoms with Crippen LogP contribution in [-0.4, -0.2) is 11.8 Å². The quantitative estimate of drug-likeness (QED) is 0.833. The van der Waals surface area contributed by atoms with Crippen molar-refractivity contribution in [3.63, 3.8) is 0 Å². The van der Waals surface area contributed by atoms with Crippen LogP contribution < -0.4 is 10.6 Å². The maximum Gasteiger partial charge on any atom is 0.240 e. The summed E-state index contributed by atoms with van der Waals surface area (Å²) < 4.78 is 0. The lowest BCUT2D eigenvalue weighted by atomic mass is 10.0. The summed E-state index contributed by atoms with van der Waals surface area (Å²) in [5, 5.41) is 6.14. The van der Waals surface area contributed by atoms with Crippen molar-refractivity contribution >= 4 is 34.8 Å². The lowest BCUT2D eigenvalue weighted by Crippen LogP contribution is -2.35. The largest absolute Gasteiger partial charge is 0.325 e. The van der Waals surface area contributed by atoms with Gasteiger partial charge in [-0.3, -0.25) is 9.59 Å². The van der Waals surface area contributed by atoms with E-state index in [9.17, 15) is 9.59 Å². The van der Waals surface area contributed by atoms with Gasteiger partial charge in [0.15, 0.2) is 0 Å². The molecule has 4 nitrogen and oxygen atoms in total. The molecule has 0 radical (unpaired) electrons. The van der Waals surface area contributed by atoms with Crippen molar-refractivity contribution in [2.45, 2.75) is 19.8 Å². The van der Waals surface area contributed by atoms with Crippen LogP contribution >= 0.6 is 11.6 Å². The molecule has 0 spiro atoms. The van der Waals surface area contributed by atoms with Crippen molar-refractivity contribution in [3.05, 3.63) is 59.1 Å². The third-order valence-electron chi connectivity index (χ3n) is 4.01. The molecule has 2 aromatic carbocycles. The van der Waals surface area contributed by atoms with Gasteiger partial charge in [-0.2, -0.15) is 0 Å². The predicted octanol–water partition coefficient (Wildman–Crippen LogP) is 4.01. The van der Waals surface area contributed by atoms with E-state index in [2.05, 4.69) is 10.6 Å². The fraction of sp³-hybridized carbons (Fsp3) is 0.222. The van der Waals surface area contributed by atoms with E-state index in [0.29, 0.717) is 29.2 Å². The first kappa shape index (κ1) is 15.6. The molecule has 2 N–H and O–H groups in total. The van der Waals surface area contributed by atoms with E-state index in [1.54, 1.807) is 24.3 Å². The minimum Gasteiger partial charge on any atom is -0.325 e. The number of benzene rings is 2. The molecule has 0 saturated heterocycles. The van der Waals surface area contributed by atoms with Gasteiger partial charge >= 0.3 is 0 Å². The summed E-state index contributed by atoms with van der Waals surface area (Å²) in [6, 6.07) is 14.4. The molecule has 3 rings (SSSR count). The number of hydrogen-bond acceptors (Lipinski definition) is 2. The monoisotopic (exact) mass is 328 g/mol. The van der Waals surface area contributed by atoms with Crippen molar-refractivity contribution in [1.29, 1.82) is 0 Å². The van der Waals surface area contributed by atoms with Gasteiger partial charge in [-0.05, 0) is 50.1 Å². The van der Waals surface area contributed by atoms with Gasteiger partial charge in [0.2, 0.25) is 11.8 Å². The molecular formula is C18H17ClN2O2. The Kier molecular flexibility index (Phi) is 4.09. The van der Waals surface area contributed by atoms with Crippen molar-refractivity contribution in [2.75, 3.05) is 10.6 Å². The minimum atomic E-state index is -0.979. The maximum atomic E-state index is 12.5. The number of rotatable bonds is 4. The van der Waals surface area contributed by atoms with Crippen molar-refractivity contribution < 1.29 is 9.59 Å².